The number of nitriles is 1. The molecule has 0 saturated carbocycles. The molecule has 1 rings (SSSR count). The van der Waals surface area contributed by atoms with E-state index in [4.69, 9.17) is 11.0 Å². The highest BCUT2D eigenvalue weighted by atomic mass is 32.1. The van der Waals surface area contributed by atoms with Crippen LogP contribution >= 0.6 is 11.3 Å². The molecule has 0 aliphatic heterocycles. The van der Waals surface area contributed by atoms with Crippen LogP contribution in [0.25, 0.3) is 0 Å². The summed E-state index contributed by atoms with van der Waals surface area (Å²) in [5, 5.41) is 8.79. The molecule has 114 valence electrons. The zero-order chi connectivity index (χ0) is 16.4. The number of methoxy groups -OCH3 is 2. The maximum atomic E-state index is 11.0. The molecule has 0 saturated heterocycles. The largest absolute Gasteiger partial charge is 0.469 e. The number of aryl methyl sites for hydroxylation is 1. The predicted molar refractivity (Wildman–Crippen MR) is 80.8 cm³/mol. The number of nitrogens with two attached hydrogens (primary N) is 1. The summed E-state index contributed by atoms with van der Waals surface area (Å²) < 4.78 is 8.92. The number of hydrogen-bond donors (Lipinski definition) is 1. The molecule has 0 spiro atoms. The summed E-state index contributed by atoms with van der Waals surface area (Å²) in [5.74, 6) is -0.631. The van der Waals surface area contributed by atoms with Crippen LogP contribution in [0.15, 0.2) is 17.7 Å². The molecule has 1 heterocycles. The van der Waals surface area contributed by atoms with Gasteiger partial charge in [0.25, 0.3) is 0 Å². The molecule has 0 amide bonds. The summed E-state index contributed by atoms with van der Waals surface area (Å²) in [6.07, 6.45) is 1.53. The Kier molecular flexibility index (Phi) is 8.49. The Hall–Kier alpha value is -2.33. The fourth-order valence-electron chi connectivity index (χ4n) is 1.26. The highest BCUT2D eigenvalue weighted by Gasteiger charge is 2.11. The fraction of sp³-hybridized carbons (Fsp3) is 0.357. The van der Waals surface area contributed by atoms with Crippen LogP contribution in [0.2, 0.25) is 0 Å². The SMILES string of the molecule is COC(=O)C/C(C)=C/C#N.COC(=O)c1sc(N)cc1C. The molecule has 1 aromatic heterocycles. The van der Waals surface area contributed by atoms with E-state index in [9.17, 15) is 9.59 Å². The second kappa shape index (κ2) is 9.55. The molecule has 0 atom stereocenters. The molecule has 6 nitrogen and oxygen atoms in total. The summed E-state index contributed by atoms with van der Waals surface area (Å²) in [7, 11) is 2.68. The van der Waals surface area contributed by atoms with Gasteiger partial charge in [0, 0.05) is 6.08 Å². The van der Waals surface area contributed by atoms with Gasteiger partial charge in [0.15, 0.2) is 0 Å². The van der Waals surface area contributed by atoms with Crippen molar-refractivity contribution in [3.05, 3.63) is 28.2 Å². The van der Waals surface area contributed by atoms with Crippen molar-refractivity contribution in [2.45, 2.75) is 20.3 Å². The molecule has 0 aliphatic rings. The molecular formula is C14H18N2O4S. The number of rotatable bonds is 3. The van der Waals surface area contributed by atoms with Gasteiger partial charge in [-0.25, -0.2) is 4.79 Å². The van der Waals surface area contributed by atoms with E-state index in [0.29, 0.717) is 15.5 Å². The summed E-state index contributed by atoms with van der Waals surface area (Å²) in [6.45, 7) is 3.54. The lowest BCUT2D eigenvalue weighted by Gasteiger charge is -1.95. The van der Waals surface area contributed by atoms with Crippen LogP contribution in [0, 0.1) is 18.3 Å². The number of nitrogen functional groups attached to an aromatic ring is 1. The Morgan fingerprint density at radius 2 is 2.05 bits per heavy atom. The lowest BCUT2D eigenvalue weighted by Crippen LogP contribution is -1.99. The standard InChI is InChI=1S/C7H9NO2S.C7H9NO2/c1-4-3-5(8)11-6(4)7(9)10-2;1-6(3-4-8)5-7(9)10-2/h3H,8H2,1-2H3;3H,5H2,1-2H3/b;6-3+. The van der Waals surface area contributed by atoms with Gasteiger partial charge in [-0.1, -0.05) is 5.57 Å². The number of esters is 2. The van der Waals surface area contributed by atoms with E-state index in [2.05, 4.69) is 9.47 Å². The van der Waals surface area contributed by atoms with Gasteiger partial charge in [0.2, 0.25) is 0 Å². The lowest BCUT2D eigenvalue weighted by atomic mass is 10.2. The van der Waals surface area contributed by atoms with Crippen LogP contribution in [0.1, 0.15) is 28.6 Å². The van der Waals surface area contributed by atoms with E-state index in [-0.39, 0.29) is 18.4 Å². The van der Waals surface area contributed by atoms with Gasteiger partial charge in [0.1, 0.15) is 4.88 Å². The van der Waals surface area contributed by atoms with Crippen molar-refractivity contribution >= 4 is 28.3 Å². The predicted octanol–water partition coefficient (Wildman–Crippen LogP) is 2.44. The van der Waals surface area contributed by atoms with Gasteiger partial charge >= 0.3 is 11.9 Å². The van der Waals surface area contributed by atoms with Crippen molar-refractivity contribution < 1.29 is 19.1 Å². The smallest absolute Gasteiger partial charge is 0.348 e. The number of allylic oxidation sites excluding steroid dienone is 1. The van der Waals surface area contributed by atoms with Crippen molar-refractivity contribution in [1.29, 1.82) is 5.26 Å². The summed E-state index contributed by atoms with van der Waals surface area (Å²) in [4.78, 5) is 22.1. The first-order valence-electron chi connectivity index (χ1n) is 5.92. The average molecular weight is 310 g/mol. The molecule has 7 heteroatoms. The first kappa shape index (κ1) is 18.7. The maximum Gasteiger partial charge on any atom is 0.348 e. The van der Waals surface area contributed by atoms with E-state index in [0.717, 1.165) is 5.56 Å². The monoisotopic (exact) mass is 310 g/mol. The number of carbonyl (C=O) groups excluding carboxylic acids is 2. The fourth-order valence-corrected chi connectivity index (χ4v) is 2.12. The molecule has 1 aromatic rings. The quantitative estimate of drug-likeness (QED) is 0.679. The highest BCUT2D eigenvalue weighted by molar-refractivity contribution is 7.17. The van der Waals surface area contributed by atoms with Gasteiger partial charge in [-0.15, -0.1) is 11.3 Å². The Morgan fingerprint density at radius 3 is 2.43 bits per heavy atom. The molecule has 0 fully saturated rings. The summed E-state index contributed by atoms with van der Waals surface area (Å²) in [5.41, 5.74) is 7.07. The minimum Gasteiger partial charge on any atom is -0.469 e. The van der Waals surface area contributed by atoms with Crippen molar-refractivity contribution in [1.82, 2.24) is 0 Å². The number of hydrogen-bond acceptors (Lipinski definition) is 7. The summed E-state index contributed by atoms with van der Waals surface area (Å²) >= 11 is 1.25. The Labute approximate surface area is 127 Å². The van der Waals surface area contributed by atoms with E-state index < -0.39 is 0 Å². The van der Waals surface area contributed by atoms with Crippen LogP contribution in [-0.2, 0) is 14.3 Å². The lowest BCUT2D eigenvalue weighted by molar-refractivity contribution is -0.139. The third-order valence-electron chi connectivity index (χ3n) is 2.27. The van der Waals surface area contributed by atoms with Crippen molar-refractivity contribution in [2.75, 3.05) is 20.0 Å². The minimum atomic E-state index is -0.316. The molecular weight excluding hydrogens is 292 g/mol. The van der Waals surface area contributed by atoms with Crippen molar-refractivity contribution in [2.24, 2.45) is 0 Å². The normalized spacial score (nSPS) is 9.95. The number of anilines is 1. The molecule has 0 radical (unpaired) electrons. The van der Waals surface area contributed by atoms with Crippen LogP contribution < -0.4 is 5.73 Å². The third-order valence-corrected chi connectivity index (χ3v) is 3.32. The van der Waals surface area contributed by atoms with Crippen LogP contribution in [-0.4, -0.2) is 26.2 Å². The Morgan fingerprint density at radius 1 is 1.43 bits per heavy atom. The van der Waals surface area contributed by atoms with Crippen LogP contribution in [0.4, 0.5) is 5.00 Å². The Balaban J connectivity index is 0.000000384. The van der Waals surface area contributed by atoms with Crippen molar-refractivity contribution in [3.63, 3.8) is 0 Å². The topological polar surface area (TPSA) is 102 Å². The zero-order valence-electron chi connectivity index (χ0n) is 12.4. The van der Waals surface area contributed by atoms with Gasteiger partial charge < -0.3 is 15.2 Å². The third kappa shape index (κ3) is 7.13. The summed E-state index contributed by atoms with van der Waals surface area (Å²) in [6, 6.07) is 3.59. The van der Waals surface area contributed by atoms with Gasteiger partial charge in [-0.3, -0.25) is 4.79 Å². The number of carbonyl (C=O) groups is 2. The number of thiophene rings is 1. The molecule has 0 bridgehead atoms. The second-order valence-electron chi connectivity index (χ2n) is 4.03. The zero-order valence-corrected chi connectivity index (χ0v) is 13.2. The van der Waals surface area contributed by atoms with E-state index in [1.165, 1.54) is 31.6 Å². The van der Waals surface area contributed by atoms with Crippen LogP contribution in [0.5, 0.6) is 0 Å². The Bertz CT molecular complexity index is 570. The van der Waals surface area contributed by atoms with E-state index in [1.54, 1.807) is 13.0 Å². The highest BCUT2D eigenvalue weighted by Crippen LogP contribution is 2.23. The first-order chi connectivity index (χ1) is 9.85. The molecule has 21 heavy (non-hydrogen) atoms. The number of nitrogens with zero attached hydrogens (tertiary/aromatic N) is 1. The molecule has 0 aliphatic carbocycles. The maximum absolute atomic E-state index is 11.0. The van der Waals surface area contributed by atoms with Gasteiger partial charge in [0.05, 0.1) is 31.7 Å². The van der Waals surface area contributed by atoms with Crippen LogP contribution in [0.3, 0.4) is 0 Å². The van der Waals surface area contributed by atoms with E-state index >= 15 is 0 Å². The van der Waals surface area contributed by atoms with E-state index in [1.807, 2.05) is 13.0 Å². The second-order valence-corrected chi connectivity index (χ2v) is 5.11. The minimum absolute atomic E-state index is 0.198. The van der Waals surface area contributed by atoms with Gasteiger partial charge in [-0.2, -0.15) is 5.26 Å². The van der Waals surface area contributed by atoms with Gasteiger partial charge in [-0.05, 0) is 25.5 Å². The molecule has 0 aromatic carbocycles. The molecule has 2 N–H and O–H groups in total. The average Bonchev–Trinajstić information content (AvgIpc) is 2.77. The number of ether oxygens (including phenoxy) is 2. The first-order valence-corrected chi connectivity index (χ1v) is 6.73. The molecule has 0 unspecified atom stereocenters. The van der Waals surface area contributed by atoms with Crippen molar-refractivity contribution in [3.8, 4) is 6.07 Å².